The second-order valence-electron chi connectivity index (χ2n) is 5.03. The molecule has 0 amide bonds. The summed E-state index contributed by atoms with van der Waals surface area (Å²) in [5, 5.41) is 1.84. The number of Topliss-reactive ketones (excluding diaryl/α,β-unsaturated/α-hetero) is 1. The lowest BCUT2D eigenvalue weighted by Gasteiger charge is -2.21. The van der Waals surface area contributed by atoms with Crippen LogP contribution in [0.5, 0.6) is 23.0 Å². The monoisotopic (exact) mass is 276 g/mol. The number of ether oxygens (including phenoxy) is 2. The van der Waals surface area contributed by atoms with Crippen LogP contribution in [0.4, 0.5) is 0 Å². The number of hydrogen-bond donors (Lipinski definition) is 0. The van der Waals surface area contributed by atoms with Gasteiger partial charge in [0.1, 0.15) is 0 Å². The van der Waals surface area contributed by atoms with Gasteiger partial charge in [0, 0.05) is 5.56 Å². The molecule has 102 valence electrons. The third kappa shape index (κ3) is 1.86. The van der Waals surface area contributed by atoms with E-state index < -0.39 is 0 Å². The van der Waals surface area contributed by atoms with Gasteiger partial charge in [-0.15, -0.1) is 0 Å². The lowest BCUT2D eigenvalue weighted by Crippen LogP contribution is -2.00. The van der Waals surface area contributed by atoms with Crippen LogP contribution in [-0.2, 0) is 0 Å². The summed E-state index contributed by atoms with van der Waals surface area (Å²) in [7, 11) is 0. The van der Waals surface area contributed by atoms with Crippen molar-refractivity contribution >= 4 is 16.6 Å². The molecule has 0 atom stereocenters. The molecule has 0 bridgehead atoms. The van der Waals surface area contributed by atoms with Gasteiger partial charge in [-0.1, -0.05) is 30.3 Å². The van der Waals surface area contributed by atoms with Crippen molar-refractivity contribution in [1.82, 2.24) is 0 Å². The summed E-state index contributed by atoms with van der Waals surface area (Å²) in [5.41, 5.74) is 0.692. The summed E-state index contributed by atoms with van der Waals surface area (Å²) in [6.07, 6.45) is 0. The van der Waals surface area contributed by atoms with E-state index >= 15 is 0 Å². The average molecular weight is 276 g/mol. The molecule has 3 aromatic carbocycles. The Labute approximate surface area is 121 Å². The molecule has 0 spiro atoms. The standard InChI is InChI=1S/C18H12O3/c1-11(19)13-6-4-5-12-9-17-18(10-14(12)13)21-16-8-3-2-7-15(16)20-17/h2-10H,1H3. The number of fused-ring (bicyclic) bond motifs is 3. The first kappa shape index (κ1) is 12.0. The zero-order valence-electron chi connectivity index (χ0n) is 11.4. The number of rotatable bonds is 1. The first-order valence-electron chi connectivity index (χ1n) is 6.75. The summed E-state index contributed by atoms with van der Waals surface area (Å²) in [6, 6.07) is 17.0. The summed E-state index contributed by atoms with van der Waals surface area (Å²) in [5.74, 6) is 2.73. The van der Waals surface area contributed by atoms with Crippen LogP contribution in [-0.4, -0.2) is 5.78 Å². The minimum absolute atomic E-state index is 0.0395. The van der Waals surface area contributed by atoms with Crippen molar-refractivity contribution in [2.45, 2.75) is 6.92 Å². The summed E-state index contributed by atoms with van der Waals surface area (Å²) < 4.78 is 11.8. The van der Waals surface area contributed by atoms with Gasteiger partial charge in [0.15, 0.2) is 28.8 Å². The van der Waals surface area contributed by atoms with Crippen molar-refractivity contribution in [3.05, 3.63) is 60.2 Å². The van der Waals surface area contributed by atoms with E-state index in [4.69, 9.17) is 9.47 Å². The molecular weight excluding hydrogens is 264 g/mol. The van der Waals surface area contributed by atoms with Crippen LogP contribution in [0.25, 0.3) is 10.8 Å². The lowest BCUT2D eigenvalue weighted by molar-refractivity contribution is 0.101. The normalized spacial score (nSPS) is 12.0. The zero-order valence-corrected chi connectivity index (χ0v) is 11.4. The van der Waals surface area contributed by atoms with Gasteiger partial charge in [0.25, 0.3) is 0 Å². The van der Waals surface area contributed by atoms with Crippen LogP contribution in [0.2, 0.25) is 0 Å². The van der Waals surface area contributed by atoms with E-state index in [0.717, 1.165) is 10.8 Å². The molecule has 0 fully saturated rings. The molecular formula is C18H12O3. The van der Waals surface area contributed by atoms with Crippen molar-refractivity contribution in [1.29, 1.82) is 0 Å². The highest BCUT2D eigenvalue weighted by molar-refractivity contribution is 6.07. The van der Waals surface area contributed by atoms with E-state index in [9.17, 15) is 4.79 Å². The number of benzene rings is 3. The maximum atomic E-state index is 11.8. The molecule has 0 radical (unpaired) electrons. The Balaban J connectivity index is 1.94. The number of hydrogen-bond acceptors (Lipinski definition) is 3. The number of carbonyl (C=O) groups is 1. The Kier molecular flexibility index (Phi) is 2.48. The van der Waals surface area contributed by atoms with E-state index in [-0.39, 0.29) is 5.78 Å². The Morgan fingerprint density at radius 3 is 2.14 bits per heavy atom. The van der Waals surface area contributed by atoms with Crippen molar-refractivity contribution in [2.75, 3.05) is 0 Å². The SMILES string of the molecule is CC(=O)c1cccc2cc3c(cc12)Oc1ccccc1O3. The fraction of sp³-hybridized carbons (Fsp3) is 0.0556. The predicted octanol–water partition coefficient (Wildman–Crippen LogP) is 4.94. The minimum Gasteiger partial charge on any atom is -0.449 e. The van der Waals surface area contributed by atoms with E-state index in [2.05, 4.69) is 0 Å². The van der Waals surface area contributed by atoms with Gasteiger partial charge >= 0.3 is 0 Å². The maximum absolute atomic E-state index is 11.8. The second-order valence-corrected chi connectivity index (χ2v) is 5.03. The third-order valence-electron chi connectivity index (χ3n) is 3.61. The molecule has 1 aliphatic rings. The van der Waals surface area contributed by atoms with Gasteiger partial charge in [-0.05, 0) is 42.0 Å². The Morgan fingerprint density at radius 2 is 1.48 bits per heavy atom. The molecule has 0 aliphatic carbocycles. The molecule has 21 heavy (non-hydrogen) atoms. The van der Waals surface area contributed by atoms with Gasteiger partial charge in [-0.2, -0.15) is 0 Å². The minimum atomic E-state index is 0.0395. The molecule has 3 nitrogen and oxygen atoms in total. The highest BCUT2D eigenvalue weighted by Crippen LogP contribution is 2.46. The fourth-order valence-corrected chi connectivity index (χ4v) is 2.61. The Morgan fingerprint density at radius 1 is 0.810 bits per heavy atom. The molecule has 0 saturated heterocycles. The fourth-order valence-electron chi connectivity index (χ4n) is 2.61. The lowest BCUT2D eigenvalue weighted by atomic mass is 10.0. The third-order valence-corrected chi connectivity index (χ3v) is 3.61. The molecule has 4 rings (SSSR count). The number of ketones is 1. The van der Waals surface area contributed by atoms with E-state index in [0.29, 0.717) is 28.6 Å². The van der Waals surface area contributed by atoms with Gasteiger partial charge in [-0.25, -0.2) is 0 Å². The molecule has 0 aromatic heterocycles. The topological polar surface area (TPSA) is 35.5 Å². The molecule has 0 N–H and O–H groups in total. The average Bonchev–Trinajstić information content (AvgIpc) is 2.50. The summed E-state index contributed by atoms with van der Waals surface area (Å²) >= 11 is 0. The van der Waals surface area contributed by atoms with Gasteiger partial charge in [-0.3, -0.25) is 4.79 Å². The molecule has 3 aromatic rings. The van der Waals surface area contributed by atoms with Crippen LogP contribution in [0.1, 0.15) is 17.3 Å². The molecule has 0 unspecified atom stereocenters. The smallest absolute Gasteiger partial charge is 0.170 e. The number of para-hydroxylation sites is 2. The summed E-state index contributed by atoms with van der Waals surface area (Å²) in [6.45, 7) is 1.57. The molecule has 1 aliphatic heterocycles. The highest BCUT2D eigenvalue weighted by atomic mass is 16.6. The second kappa shape index (κ2) is 4.35. The molecule has 3 heteroatoms. The van der Waals surface area contributed by atoms with Crippen molar-refractivity contribution < 1.29 is 14.3 Å². The highest BCUT2D eigenvalue weighted by Gasteiger charge is 2.19. The maximum Gasteiger partial charge on any atom is 0.170 e. The van der Waals surface area contributed by atoms with Crippen molar-refractivity contribution in [3.8, 4) is 23.0 Å². The van der Waals surface area contributed by atoms with Crippen LogP contribution in [0.3, 0.4) is 0 Å². The van der Waals surface area contributed by atoms with Crippen LogP contribution in [0, 0.1) is 0 Å². The van der Waals surface area contributed by atoms with Gasteiger partial charge in [0.05, 0.1) is 0 Å². The molecule has 0 saturated carbocycles. The predicted molar refractivity (Wildman–Crippen MR) is 80.5 cm³/mol. The van der Waals surface area contributed by atoms with Crippen LogP contribution >= 0.6 is 0 Å². The molecule has 1 heterocycles. The first-order chi connectivity index (χ1) is 10.2. The number of carbonyl (C=O) groups excluding carboxylic acids is 1. The van der Waals surface area contributed by atoms with E-state index in [1.54, 1.807) is 6.92 Å². The quantitative estimate of drug-likeness (QED) is 0.462. The Hall–Kier alpha value is -2.81. The van der Waals surface area contributed by atoms with E-state index in [1.807, 2.05) is 54.6 Å². The largest absolute Gasteiger partial charge is 0.449 e. The van der Waals surface area contributed by atoms with Crippen molar-refractivity contribution in [2.24, 2.45) is 0 Å². The van der Waals surface area contributed by atoms with Crippen LogP contribution in [0.15, 0.2) is 54.6 Å². The van der Waals surface area contributed by atoms with Crippen LogP contribution < -0.4 is 9.47 Å². The van der Waals surface area contributed by atoms with Gasteiger partial charge in [0.2, 0.25) is 0 Å². The van der Waals surface area contributed by atoms with Crippen molar-refractivity contribution in [3.63, 3.8) is 0 Å². The van der Waals surface area contributed by atoms with E-state index in [1.165, 1.54) is 0 Å². The first-order valence-corrected chi connectivity index (χ1v) is 6.75. The van der Waals surface area contributed by atoms with Gasteiger partial charge < -0.3 is 9.47 Å². The Bertz CT molecular complexity index is 881. The summed E-state index contributed by atoms with van der Waals surface area (Å²) in [4.78, 5) is 11.8. The zero-order chi connectivity index (χ0) is 14.4.